The number of aliphatic hydroxyl groups is 1. The van der Waals surface area contributed by atoms with E-state index in [1.165, 1.54) is 19.1 Å². The molecule has 4 N–H and O–H groups in total. The number of nitrogens with two attached hydrogens (primary N) is 1. The van der Waals surface area contributed by atoms with Crippen LogP contribution in [0.3, 0.4) is 0 Å². The van der Waals surface area contributed by atoms with Gasteiger partial charge in [0.2, 0.25) is 0 Å². The van der Waals surface area contributed by atoms with Gasteiger partial charge in [-0.25, -0.2) is 0 Å². The molecule has 0 saturated carbocycles. The molecule has 0 aromatic heterocycles. The summed E-state index contributed by atoms with van der Waals surface area (Å²) in [6.45, 7) is 1.52. The number of rotatable bonds is 2. The Balaban J connectivity index is 3.20. The summed E-state index contributed by atoms with van der Waals surface area (Å²) in [5.41, 5.74) is 5.96. The predicted molar refractivity (Wildman–Crippen MR) is 56.7 cm³/mol. The van der Waals surface area contributed by atoms with Gasteiger partial charge >= 0.3 is 0 Å². The lowest BCUT2D eigenvalue weighted by atomic mass is 10.0. The molecule has 3 nitrogen and oxygen atoms in total. The number of halogens is 2. The van der Waals surface area contributed by atoms with Crippen molar-refractivity contribution in [3.05, 3.63) is 27.7 Å². The van der Waals surface area contributed by atoms with E-state index < -0.39 is 12.1 Å². The number of aromatic hydroxyl groups is 1. The van der Waals surface area contributed by atoms with Crippen LogP contribution >= 0.6 is 23.2 Å². The minimum atomic E-state index is -0.792. The van der Waals surface area contributed by atoms with Crippen LogP contribution in [0.2, 0.25) is 10.0 Å². The lowest BCUT2D eigenvalue weighted by Gasteiger charge is -2.17. The first-order valence-electron chi connectivity index (χ1n) is 4.05. The van der Waals surface area contributed by atoms with E-state index in [2.05, 4.69) is 0 Å². The molecule has 0 heterocycles. The van der Waals surface area contributed by atoms with Crippen molar-refractivity contribution in [2.24, 2.45) is 5.73 Å². The molecule has 0 aliphatic carbocycles. The van der Waals surface area contributed by atoms with Gasteiger partial charge < -0.3 is 15.9 Å². The molecule has 0 aliphatic heterocycles. The number of phenols is 1. The average molecular weight is 236 g/mol. The van der Waals surface area contributed by atoms with Gasteiger partial charge in [0, 0.05) is 10.6 Å². The standard InChI is InChI=1S/C9H11Cl2NO2/c1-4(13)9(12)8-6(11)2-5(10)3-7(8)14/h2-4,9,13-14H,12H2,1H3. The molecule has 78 valence electrons. The normalized spacial score (nSPS) is 15.2. The Morgan fingerprint density at radius 3 is 2.36 bits per heavy atom. The summed E-state index contributed by atoms with van der Waals surface area (Å²) in [6, 6.07) is 2.09. The Kier molecular flexibility index (Phi) is 3.61. The van der Waals surface area contributed by atoms with Gasteiger partial charge in [-0.1, -0.05) is 23.2 Å². The molecular formula is C9H11Cl2NO2. The summed E-state index contributed by atoms with van der Waals surface area (Å²) in [5.74, 6) is -0.101. The number of aliphatic hydroxyl groups excluding tert-OH is 1. The third-order valence-corrected chi connectivity index (χ3v) is 2.46. The highest BCUT2D eigenvalue weighted by Crippen LogP contribution is 2.34. The first-order chi connectivity index (χ1) is 6.43. The minimum absolute atomic E-state index is 0.101. The lowest BCUT2D eigenvalue weighted by Crippen LogP contribution is -2.23. The summed E-state index contributed by atoms with van der Waals surface area (Å²) in [6.07, 6.45) is -0.792. The van der Waals surface area contributed by atoms with Crippen molar-refractivity contribution < 1.29 is 10.2 Å². The second kappa shape index (κ2) is 4.36. The van der Waals surface area contributed by atoms with Crippen LogP contribution in [0.15, 0.2) is 12.1 Å². The van der Waals surface area contributed by atoms with Crippen LogP contribution < -0.4 is 5.73 Å². The first-order valence-corrected chi connectivity index (χ1v) is 4.80. The highest BCUT2D eigenvalue weighted by Gasteiger charge is 2.19. The Morgan fingerprint density at radius 1 is 1.36 bits per heavy atom. The van der Waals surface area contributed by atoms with E-state index in [0.717, 1.165) is 0 Å². The SMILES string of the molecule is CC(O)C(N)c1c(O)cc(Cl)cc1Cl. The summed E-state index contributed by atoms with van der Waals surface area (Å²) in [7, 11) is 0. The summed E-state index contributed by atoms with van der Waals surface area (Å²) in [5, 5.41) is 19.4. The smallest absolute Gasteiger partial charge is 0.123 e. The average Bonchev–Trinajstić information content (AvgIpc) is 2.01. The monoisotopic (exact) mass is 235 g/mol. The van der Waals surface area contributed by atoms with E-state index in [9.17, 15) is 10.2 Å². The molecule has 0 aliphatic rings. The predicted octanol–water partition coefficient (Wildman–Crippen LogP) is 2.08. The molecule has 5 heteroatoms. The van der Waals surface area contributed by atoms with Crippen molar-refractivity contribution >= 4 is 23.2 Å². The molecule has 0 amide bonds. The van der Waals surface area contributed by atoms with Crippen LogP contribution in [0.5, 0.6) is 5.75 Å². The van der Waals surface area contributed by atoms with E-state index >= 15 is 0 Å². The maximum Gasteiger partial charge on any atom is 0.123 e. The molecule has 1 aromatic rings. The second-order valence-electron chi connectivity index (χ2n) is 3.09. The van der Waals surface area contributed by atoms with Crippen molar-refractivity contribution in [3.8, 4) is 5.75 Å². The van der Waals surface area contributed by atoms with Gasteiger partial charge in [-0.3, -0.25) is 0 Å². The van der Waals surface area contributed by atoms with Gasteiger partial charge in [-0.2, -0.15) is 0 Å². The van der Waals surface area contributed by atoms with Crippen LogP contribution in [-0.2, 0) is 0 Å². The first kappa shape index (κ1) is 11.6. The fourth-order valence-corrected chi connectivity index (χ4v) is 1.75. The molecule has 0 saturated heterocycles. The Labute approximate surface area is 92.1 Å². The third-order valence-electron chi connectivity index (χ3n) is 1.93. The fourth-order valence-electron chi connectivity index (χ4n) is 1.14. The Bertz CT molecular complexity index is 319. The molecule has 0 radical (unpaired) electrons. The number of benzene rings is 1. The second-order valence-corrected chi connectivity index (χ2v) is 3.93. The van der Waals surface area contributed by atoms with Gasteiger partial charge in [0.1, 0.15) is 5.75 Å². The summed E-state index contributed by atoms with van der Waals surface area (Å²) >= 11 is 11.5. The van der Waals surface area contributed by atoms with Crippen LogP contribution in [0.1, 0.15) is 18.5 Å². The Hall–Kier alpha value is -0.480. The molecule has 0 fully saturated rings. The van der Waals surface area contributed by atoms with Gasteiger partial charge in [0.15, 0.2) is 0 Å². The maximum absolute atomic E-state index is 9.53. The van der Waals surface area contributed by atoms with Crippen molar-refractivity contribution in [2.45, 2.75) is 19.1 Å². The van der Waals surface area contributed by atoms with Crippen LogP contribution in [-0.4, -0.2) is 16.3 Å². The highest BCUT2D eigenvalue weighted by atomic mass is 35.5. The number of phenolic OH excluding ortho intramolecular Hbond substituents is 1. The van der Waals surface area contributed by atoms with Crippen LogP contribution in [0.4, 0.5) is 0 Å². The minimum Gasteiger partial charge on any atom is -0.507 e. The molecule has 0 bridgehead atoms. The fraction of sp³-hybridized carbons (Fsp3) is 0.333. The number of hydrogen-bond donors (Lipinski definition) is 3. The molecule has 1 rings (SSSR count). The van der Waals surface area contributed by atoms with Crippen LogP contribution in [0, 0.1) is 0 Å². The quantitative estimate of drug-likeness (QED) is 0.736. The molecule has 0 spiro atoms. The molecule has 2 unspecified atom stereocenters. The van der Waals surface area contributed by atoms with E-state index in [0.29, 0.717) is 10.6 Å². The summed E-state index contributed by atoms with van der Waals surface area (Å²) < 4.78 is 0. The van der Waals surface area contributed by atoms with E-state index in [1.54, 1.807) is 0 Å². The van der Waals surface area contributed by atoms with Gasteiger partial charge in [0.05, 0.1) is 17.2 Å². The van der Waals surface area contributed by atoms with Gasteiger partial charge in [-0.15, -0.1) is 0 Å². The molecule has 2 atom stereocenters. The van der Waals surface area contributed by atoms with Crippen molar-refractivity contribution in [1.29, 1.82) is 0 Å². The highest BCUT2D eigenvalue weighted by molar-refractivity contribution is 6.35. The summed E-state index contributed by atoms with van der Waals surface area (Å²) in [4.78, 5) is 0. The lowest BCUT2D eigenvalue weighted by molar-refractivity contribution is 0.163. The topological polar surface area (TPSA) is 66.5 Å². The molecular weight excluding hydrogens is 225 g/mol. The third kappa shape index (κ3) is 2.30. The van der Waals surface area contributed by atoms with E-state index in [-0.39, 0.29) is 10.8 Å². The van der Waals surface area contributed by atoms with E-state index in [4.69, 9.17) is 28.9 Å². The maximum atomic E-state index is 9.53. The zero-order valence-electron chi connectivity index (χ0n) is 7.54. The number of hydrogen-bond acceptors (Lipinski definition) is 3. The van der Waals surface area contributed by atoms with Crippen molar-refractivity contribution in [2.75, 3.05) is 0 Å². The van der Waals surface area contributed by atoms with Crippen molar-refractivity contribution in [3.63, 3.8) is 0 Å². The van der Waals surface area contributed by atoms with Gasteiger partial charge in [0.25, 0.3) is 0 Å². The zero-order chi connectivity index (χ0) is 10.9. The van der Waals surface area contributed by atoms with Crippen LogP contribution in [0.25, 0.3) is 0 Å². The molecule has 1 aromatic carbocycles. The van der Waals surface area contributed by atoms with E-state index in [1.807, 2.05) is 0 Å². The van der Waals surface area contributed by atoms with Crippen molar-refractivity contribution in [1.82, 2.24) is 0 Å². The van der Waals surface area contributed by atoms with Gasteiger partial charge in [-0.05, 0) is 19.1 Å². The largest absolute Gasteiger partial charge is 0.507 e. The zero-order valence-corrected chi connectivity index (χ0v) is 9.05. The molecule has 14 heavy (non-hydrogen) atoms. The Morgan fingerprint density at radius 2 is 1.93 bits per heavy atom.